The third-order valence-corrected chi connectivity index (χ3v) is 7.81. The number of urea groups is 1. The molecular weight excluding hydrogens is 549 g/mol. The Kier molecular flexibility index (Phi) is 12.1. The normalized spacial score (nSPS) is 13.2. The summed E-state index contributed by atoms with van der Waals surface area (Å²) in [5.41, 5.74) is 0.530. The zero-order valence-corrected chi connectivity index (χ0v) is 25.6. The molecule has 0 saturated heterocycles. The number of thiophene rings is 2. The Hall–Kier alpha value is -2.57. The molecule has 3 heterocycles. The van der Waals surface area contributed by atoms with Gasteiger partial charge in [-0.05, 0) is 47.0 Å². The van der Waals surface area contributed by atoms with Crippen LogP contribution in [-0.4, -0.2) is 35.6 Å². The van der Waals surface area contributed by atoms with Crippen molar-refractivity contribution >= 4 is 40.6 Å². The summed E-state index contributed by atoms with van der Waals surface area (Å²) in [6.45, 7) is 2.97. The number of carboxylic acid groups (broad SMARTS) is 1. The first-order chi connectivity index (χ1) is 18.4. The van der Waals surface area contributed by atoms with Gasteiger partial charge in [-0.15, -0.1) is 22.7 Å². The second-order valence-corrected chi connectivity index (χ2v) is 11.0. The van der Waals surface area contributed by atoms with Crippen molar-refractivity contribution in [1.82, 2.24) is 15.5 Å². The number of carbonyl (C=O) groups excluding carboxylic acids is 3. The van der Waals surface area contributed by atoms with E-state index in [2.05, 4.69) is 10.6 Å². The summed E-state index contributed by atoms with van der Waals surface area (Å²) in [4.78, 5) is 42.2. The summed E-state index contributed by atoms with van der Waals surface area (Å²) in [5.74, 6) is -0.478. The minimum atomic E-state index is -1.32. The topological polar surface area (TPSA) is 120 Å². The number of ether oxygens (including phenoxy) is 2. The number of rotatable bonds is 13. The number of unbranched alkanes of at least 4 members (excludes halogenated alkanes) is 1. The van der Waals surface area contributed by atoms with Gasteiger partial charge in [0.05, 0.1) is 19.1 Å². The fraction of sp³-hybridized carbons (Fsp3) is 0.370. The fourth-order valence-corrected chi connectivity index (χ4v) is 5.62. The minimum Gasteiger partial charge on any atom is -0.550 e. The number of fused-ring (bicyclic) bond motifs is 1. The number of carboxylic acids is 1. The van der Waals surface area contributed by atoms with E-state index in [1.165, 1.54) is 0 Å². The maximum absolute atomic E-state index is 13.8. The molecule has 4 rings (SSSR count). The Bertz CT molecular complexity index is 1190. The molecule has 9 nitrogen and oxygen atoms in total. The molecule has 1 aromatic carbocycles. The van der Waals surface area contributed by atoms with Crippen LogP contribution in [0.15, 0.2) is 53.2 Å². The van der Waals surface area contributed by atoms with Crippen LogP contribution in [-0.2, 0) is 22.7 Å². The Morgan fingerprint density at radius 3 is 2.26 bits per heavy atom. The van der Waals surface area contributed by atoms with Gasteiger partial charge in [-0.2, -0.15) is 0 Å². The average Bonchev–Trinajstić information content (AvgIpc) is 3.68. The third kappa shape index (κ3) is 8.97. The molecule has 0 spiro atoms. The maximum Gasteiger partial charge on any atom is 1.00 e. The zero-order chi connectivity index (χ0) is 26.9. The third-order valence-electron chi connectivity index (χ3n) is 6.09. The van der Waals surface area contributed by atoms with Crippen molar-refractivity contribution < 1.29 is 58.5 Å². The molecule has 2 aromatic heterocycles. The van der Waals surface area contributed by atoms with Crippen LogP contribution < -0.4 is 54.8 Å². The van der Waals surface area contributed by atoms with Gasteiger partial charge in [0.25, 0.3) is 0 Å². The summed E-state index contributed by atoms with van der Waals surface area (Å²) in [6.07, 6.45) is 1.62. The summed E-state index contributed by atoms with van der Waals surface area (Å²) in [5, 5.41) is 20.9. The zero-order valence-electron chi connectivity index (χ0n) is 22.0. The molecule has 12 heteroatoms. The van der Waals surface area contributed by atoms with Crippen LogP contribution in [0.3, 0.4) is 0 Å². The molecule has 2 atom stereocenters. The molecule has 1 aliphatic heterocycles. The maximum atomic E-state index is 13.8. The molecule has 0 aliphatic carbocycles. The van der Waals surface area contributed by atoms with Gasteiger partial charge in [0.2, 0.25) is 12.7 Å². The standard InChI is InChI=1S/C27H31N3O6S2.Na/c1-2-3-8-21(26(33)30(15-19-6-4-11-37-19)16-20-7-5-12-38-20)28-27(34)29-22(14-25(31)32)18-9-10-23-24(13-18)36-17-35-23;/h4-7,9-13,21-22H,2-3,8,14-17H2,1H3,(H,31,32)(H2,28,29,34);/q;+1/p-1/t21-,22-;/m1./s1. The molecule has 0 bridgehead atoms. The van der Waals surface area contributed by atoms with Gasteiger partial charge in [0.1, 0.15) is 6.04 Å². The molecule has 39 heavy (non-hydrogen) atoms. The average molecular weight is 580 g/mol. The minimum absolute atomic E-state index is 0. The first-order valence-corrected chi connectivity index (χ1v) is 14.2. The van der Waals surface area contributed by atoms with E-state index in [4.69, 9.17) is 9.47 Å². The summed E-state index contributed by atoms with van der Waals surface area (Å²) < 4.78 is 10.7. The summed E-state index contributed by atoms with van der Waals surface area (Å²) in [6, 6.07) is 10.6. The van der Waals surface area contributed by atoms with Gasteiger partial charge < -0.3 is 34.9 Å². The van der Waals surface area contributed by atoms with E-state index in [0.717, 1.165) is 22.6 Å². The second kappa shape index (κ2) is 15.3. The Morgan fingerprint density at radius 2 is 1.67 bits per heavy atom. The van der Waals surface area contributed by atoms with Gasteiger partial charge in [0.15, 0.2) is 11.5 Å². The Morgan fingerprint density at radius 1 is 1.00 bits per heavy atom. The number of hydrogen-bond donors (Lipinski definition) is 2. The van der Waals surface area contributed by atoms with Crippen LogP contribution >= 0.6 is 22.7 Å². The van der Waals surface area contributed by atoms with E-state index in [-0.39, 0.29) is 42.3 Å². The Balaban J connectivity index is 0.00000420. The smallest absolute Gasteiger partial charge is 0.550 e. The van der Waals surface area contributed by atoms with Crippen molar-refractivity contribution in [2.24, 2.45) is 0 Å². The molecule has 3 aromatic rings. The van der Waals surface area contributed by atoms with Crippen molar-refractivity contribution in [2.75, 3.05) is 6.79 Å². The van der Waals surface area contributed by atoms with Crippen LogP contribution in [0.1, 0.15) is 54.0 Å². The van der Waals surface area contributed by atoms with Gasteiger partial charge in [-0.25, -0.2) is 4.79 Å². The van der Waals surface area contributed by atoms with Crippen LogP contribution in [0.2, 0.25) is 0 Å². The van der Waals surface area contributed by atoms with Crippen LogP contribution in [0, 0.1) is 0 Å². The summed E-state index contributed by atoms with van der Waals surface area (Å²) >= 11 is 3.15. The van der Waals surface area contributed by atoms with E-state index in [9.17, 15) is 19.5 Å². The van der Waals surface area contributed by atoms with Gasteiger partial charge in [-0.3, -0.25) is 4.79 Å². The van der Waals surface area contributed by atoms with Gasteiger partial charge >= 0.3 is 35.6 Å². The van der Waals surface area contributed by atoms with Crippen molar-refractivity contribution in [3.05, 3.63) is 68.5 Å². The van der Waals surface area contributed by atoms with E-state index < -0.39 is 30.5 Å². The quantitative estimate of drug-likeness (QED) is 0.289. The molecule has 0 fully saturated rings. The number of benzene rings is 1. The predicted octanol–water partition coefficient (Wildman–Crippen LogP) is 0.810. The number of nitrogens with zero attached hydrogens (tertiary/aromatic N) is 1. The molecule has 202 valence electrons. The van der Waals surface area contributed by atoms with E-state index in [1.54, 1.807) is 45.8 Å². The largest absolute Gasteiger partial charge is 1.00 e. The fourth-order valence-electron chi connectivity index (χ4n) is 4.19. The molecule has 0 unspecified atom stereocenters. The van der Waals surface area contributed by atoms with Gasteiger partial charge in [-0.1, -0.05) is 38.0 Å². The number of carbonyl (C=O) groups is 3. The van der Waals surface area contributed by atoms with Crippen LogP contribution in [0.25, 0.3) is 0 Å². The molecule has 0 saturated carbocycles. The SMILES string of the molecule is CCCC[C@@H](NC(=O)N[C@H](CC(=O)[O-])c1ccc2c(c1)OCO2)C(=O)N(Cc1cccs1)Cc1cccs1.[Na+]. The first kappa shape index (κ1) is 31.0. The monoisotopic (exact) mass is 579 g/mol. The number of aliphatic carboxylic acids is 1. The molecule has 1 aliphatic rings. The van der Waals surface area contributed by atoms with E-state index >= 15 is 0 Å². The number of hydrogen-bond acceptors (Lipinski definition) is 8. The van der Waals surface area contributed by atoms with E-state index in [1.807, 2.05) is 41.9 Å². The molecule has 0 radical (unpaired) electrons. The van der Waals surface area contributed by atoms with Crippen molar-refractivity contribution in [3.63, 3.8) is 0 Å². The predicted molar refractivity (Wildman–Crippen MR) is 143 cm³/mol. The summed E-state index contributed by atoms with van der Waals surface area (Å²) in [7, 11) is 0. The molecular formula is C27H30N3NaO6S2. The van der Waals surface area contributed by atoms with Crippen LogP contribution in [0.4, 0.5) is 4.79 Å². The molecule has 3 amide bonds. The second-order valence-electron chi connectivity index (χ2n) is 8.91. The molecule has 2 N–H and O–H groups in total. The van der Waals surface area contributed by atoms with Gasteiger partial charge in [0, 0.05) is 22.1 Å². The number of nitrogens with one attached hydrogen (secondary N) is 2. The van der Waals surface area contributed by atoms with Crippen molar-refractivity contribution in [1.29, 1.82) is 0 Å². The van der Waals surface area contributed by atoms with Crippen LogP contribution in [0.5, 0.6) is 11.5 Å². The Labute approximate surface area is 257 Å². The first-order valence-electron chi connectivity index (χ1n) is 12.4. The van der Waals surface area contributed by atoms with Crippen molar-refractivity contribution in [3.8, 4) is 11.5 Å². The van der Waals surface area contributed by atoms with Crippen molar-refractivity contribution in [2.45, 2.75) is 57.8 Å². The van der Waals surface area contributed by atoms with E-state index in [0.29, 0.717) is 36.6 Å². The number of amides is 3.